The highest BCUT2D eigenvalue weighted by atomic mass is 16.7. The topological polar surface area (TPSA) is 51.2 Å². The number of rotatable bonds is 3. The average Bonchev–Trinajstić information content (AvgIpc) is 3.08. The number of β-amino-alcohol motifs (C(OH)–C–C–N with tert-alkyl or cyclic N) is 1. The molecule has 1 aromatic rings. The van der Waals surface area contributed by atoms with Gasteiger partial charge in [-0.2, -0.15) is 0 Å². The van der Waals surface area contributed by atoms with Crippen LogP contribution >= 0.6 is 0 Å². The number of hydrogen-bond acceptors (Lipinski definition) is 5. The molecule has 5 heteroatoms. The summed E-state index contributed by atoms with van der Waals surface area (Å²) in [6, 6.07) is 10.8. The monoisotopic (exact) mass is 333 g/mol. The predicted octanol–water partition coefficient (Wildman–Crippen LogP) is 1.82. The molecule has 1 aromatic carbocycles. The second kappa shape index (κ2) is 6.73. The van der Waals surface area contributed by atoms with Crippen LogP contribution in [0, 0.1) is 11.8 Å². The second-order valence-electron chi connectivity index (χ2n) is 7.33. The van der Waals surface area contributed by atoms with Gasteiger partial charge in [0.25, 0.3) is 0 Å². The lowest BCUT2D eigenvalue weighted by atomic mass is 9.69. The van der Waals surface area contributed by atoms with E-state index in [2.05, 4.69) is 36.1 Å². The Morgan fingerprint density at radius 2 is 1.96 bits per heavy atom. The maximum Gasteiger partial charge on any atom is 0.147 e. The standard InChI is InChI=1S/C19H27NO4/c1-12(13-6-4-3-5-7-13)20-9-15-14(16(21)10-20)8-17-19(18(15)22-2)24-11-23-17/h3-7,12,14-19,21H,8-11H2,1-2H3/t12-,14-,15-,16+,17-,18-,19-/m1/s1. The summed E-state index contributed by atoms with van der Waals surface area (Å²) in [5.74, 6) is 0.491. The number of hydrogen-bond donors (Lipinski definition) is 1. The normalized spacial score (nSPS) is 40.8. The van der Waals surface area contributed by atoms with Gasteiger partial charge < -0.3 is 19.3 Å². The first kappa shape index (κ1) is 16.5. The van der Waals surface area contributed by atoms with Gasteiger partial charge in [-0.25, -0.2) is 0 Å². The van der Waals surface area contributed by atoms with Gasteiger partial charge in [-0.15, -0.1) is 0 Å². The smallest absolute Gasteiger partial charge is 0.147 e. The fourth-order valence-electron chi connectivity index (χ4n) is 4.82. The second-order valence-corrected chi connectivity index (χ2v) is 7.33. The Hall–Kier alpha value is -0.980. The van der Waals surface area contributed by atoms with E-state index in [1.54, 1.807) is 7.11 Å². The zero-order valence-electron chi connectivity index (χ0n) is 14.4. The Kier molecular flexibility index (Phi) is 4.62. The van der Waals surface area contributed by atoms with E-state index in [0.29, 0.717) is 13.3 Å². The number of methoxy groups -OCH3 is 1. The maximum absolute atomic E-state index is 10.8. The minimum atomic E-state index is -0.349. The summed E-state index contributed by atoms with van der Waals surface area (Å²) in [5, 5.41) is 10.8. The largest absolute Gasteiger partial charge is 0.391 e. The first-order valence-electron chi connectivity index (χ1n) is 8.92. The van der Waals surface area contributed by atoms with Crippen molar-refractivity contribution in [2.75, 3.05) is 27.0 Å². The van der Waals surface area contributed by atoms with Gasteiger partial charge in [0.1, 0.15) is 12.9 Å². The number of aliphatic hydroxyl groups is 1. The van der Waals surface area contributed by atoms with Crippen LogP contribution in [0.5, 0.6) is 0 Å². The number of benzene rings is 1. The summed E-state index contributed by atoms with van der Waals surface area (Å²) < 4.78 is 17.3. The van der Waals surface area contributed by atoms with Gasteiger partial charge in [-0.3, -0.25) is 4.90 Å². The molecular weight excluding hydrogens is 306 g/mol. The minimum Gasteiger partial charge on any atom is -0.391 e. The number of piperidine rings is 1. The van der Waals surface area contributed by atoms with Crippen molar-refractivity contribution in [3.63, 3.8) is 0 Å². The Bertz CT molecular complexity index is 554. The molecule has 24 heavy (non-hydrogen) atoms. The van der Waals surface area contributed by atoms with E-state index >= 15 is 0 Å². The van der Waals surface area contributed by atoms with Gasteiger partial charge in [0.15, 0.2) is 0 Å². The fraction of sp³-hybridized carbons (Fsp3) is 0.684. The molecule has 2 saturated heterocycles. The molecule has 132 valence electrons. The van der Waals surface area contributed by atoms with E-state index in [1.807, 2.05) is 6.07 Å². The Balaban J connectivity index is 1.55. The van der Waals surface area contributed by atoms with Gasteiger partial charge in [0.2, 0.25) is 0 Å². The minimum absolute atomic E-state index is 0.00423. The summed E-state index contributed by atoms with van der Waals surface area (Å²) in [6.45, 7) is 4.18. The van der Waals surface area contributed by atoms with Gasteiger partial charge in [0, 0.05) is 32.2 Å². The van der Waals surface area contributed by atoms with E-state index in [-0.39, 0.29) is 42.3 Å². The molecule has 2 heterocycles. The summed E-state index contributed by atoms with van der Waals surface area (Å²) in [6.07, 6.45) is 0.554. The van der Waals surface area contributed by atoms with Gasteiger partial charge >= 0.3 is 0 Å². The molecular formula is C19H27NO4. The lowest BCUT2D eigenvalue weighted by Gasteiger charge is -2.51. The molecule has 0 aromatic heterocycles. The van der Waals surface area contributed by atoms with Crippen molar-refractivity contribution in [2.24, 2.45) is 11.8 Å². The maximum atomic E-state index is 10.8. The molecule has 3 fully saturated rings. The highest BCUT2D eigenvalue weighted by Gasteiger charge is 2.53. The third-order valence-electron chi connectivity index (χ3n) is 6.17. The number of ether oxygens (including phenoxy) is 3. The van der Waals surface area contributed by atoms with Gasteiger partial charge in [0.05, 0.1) is 18.3 Å². The average molecular weight is 333 g/mol. The van der Waals surface area contributed by atoms with Crippen molar-refractivity contribution in [1.29, 1.82) is 0 Å². The summed E-state index contributed by atoms with van der Waals surface area (Å²) in [5.41, 5.74) is 1.28. The Morgan fingerprint density at radius 3 is 2.71 bits per heavy atom. The van der Waals surface area contributed by atoms with Crippen LogP contribution in [0.4, 0.5) is 0 Å². The van der Waals surface area contributed by atoms with Crippen LogP contribution in [0.3, 0.4) is 0 Å². The molecule has 2 aliphatic heterocycles. The molecule has 7 atom stereocenters. The van der Waals surface area contributed by atoms with Crippen LogP contribution < -0.4 is 0 Å². The third kappa shape index (κ3) is 2.78. The molecule has 0 bridgehead atoms. The highest BCUT2D eigenvalue weighted by molar-refractivity contribution is 5.19. The van der Waals surface area contributed by atoms with E-state index in [9.17, 15) is 5.11 Å². The summed E-state index contributed by atoms with van der Waals surface area (Å²) in [4.78, 5) is 2.38. The summed E-state index contributed by atoms with van der Waals surface area (Å²) in [7, 11) is 1.75. The van der Waals surface area contributed by atoms with Crippen molar-refractivity contribution in [2.45, 2.75) is 43.8 Å². The first-order valence-corrected chi connectivity index (χ1v) is 8.92. The predicted molar refractivity (Wildman–Crippen MR) is 89.4 cm³/mol. The van der Waals surface area contributed by atoms with Crippen molar-refractivity contribution in [3.05, 3.63) is 35.9 Å². The van der Waals surface area contributed by atoms with E-state index in [0.717, 1.165) is 13.0 Å². The molecule has 0 spiro atoms. The third-order valence-corrected chi connectivity index (χ3v) is 6.17. The molecule has 0 amide bonds. The van der Waals surface area contributed by atoms with Gasteiger partial charge in [-0.1, -0.05) is 30.3 Å². The van der Waals surface area contributed by atoms with Crippen molar-refractivity contribution >= 4 is 0 Å². The molecule has 4 rings (SSSR count). The lowest BCUT2D eigenvalue weighted by molar-refractivity contribution is -0.152. The molecule has 0 unspecified atom stereocenters. The van der Waals surface area contributed by atoms with Crippen LogP contribution in [0.25, 0.3) is 0 Å². The van der Waals surface area contributed by atoms with E-state index in [1.165, 1.54) is 5.56 Å². The molecule has 0 radical (unpaired) electrons. The SMILES string of the molecule is CO[C@@H]1[C@@H]2CN([C@H](C)c3ccccc3)C[C@H](O)[C@@H]2C[C@H]2OCO[C@@H]12. The lowest BCUT2D eigenvalue weighted by Crippen LogP contribution is -2.61. The Labute approximate surface area is 143 Å². The van der Waals surface area contributed by atoms with Crippen LogP contribution in [-0.2, 0) is 14.2 Å². The first-order chi connectivity index (χ1) is 11.7. The molecule has 1 N–H and O–H groups in total. The number of nitrogens with zero attached hydrogens (tertiary/aromatic N) is 1. The quantitative estimate of drug-likeness (QED) is 0.914. The van der Waals surface area contributed by atoms with Crippen LogP contribution in [0.15, 0.2) is 30.3 Å². The van der Waals surface area contributed by atoms with Crippen molar-refractivity contribution < 1.29 is 19.3 Å². The van der Waals surface area contributed by atoms with Crippen LogP contribution in [-0.4, -0.2) is 61.4 Å². The highest BCUT2D eigenvalue weighted by Crippen LogP contribution is 2.43. The number of likely N-dealkylation sites (tertiary alicyclic amines) is 1. The van der Waals surface area contributed by atoms with Gasteiger partial charge in [-0.05, 0) is 24.8 Å². The molecule has 3 aliphatic rings. The summed E-state index contributed by atoms with van der Waals surface area (Å²) >= 11 is 0. The van der Waals surface area contributed by atoms with Crippen molar-refractivity contribution in [3.8, 4) is 0 Å². The number of fused-ring (bicyclic) bond motifs is 2. The molecule has 5 nitrogen and oxygen atoms in total. The Morgan fingerprint density at radius 1 is 1.17 bits per heavy atom. The van der Waals surface area contributed by atoms with E-state index < -0.39 is 0 Å². The van der Waals surface area contributed by atoms with Crippen LogP contribution in [0.2, 0.25) is 0 Å². The van der Waals surface area contributed by atoms with E-state index in [4.69, 9.17) is 14.2 Å². The molecule has 1 aliphatic carbocycles. The zero-order chi connectivity index (χ0) is 16.7. The fourth-order valence-corrected chi connectivity index (χ4v) is 4.82. The van der Waals surface area contributed by atoms with Crippen molar-refractivity contribution in [1.82, 2.24) is 4.90 Å². The molecule has 1 saturated carbocycles. The zero-order valence-corrected chi connectivity index (χ0v) is 14.4. The van der Waals surface area contributed by atoms with Crippen LogP contribution in [0.1, 0.15) is 24.9 Å². The number of aliphatic hydroxyl groups excluding tert-OH is 1.